The molecule has 5 heteroatoms. The van der Waals surface area contributed by atoms with Gasteiger partial charge in [-0.2, -0.15) is 0 Å². The predicted molar refractivity (Wildman–Crippen MR) is 96.5 cm³/mol. The van der Waals surface area contributed by atoms with Gasteiger partial charge < -0.3 is 16.4 Å². The van der Waals surface area contributed by atoms with E-state index in [1.165, 1.54) is 25.7 Å². The van der Waals surface area contributed by atoms with Crippen molar-refractivity contribution in [2.45, 2.75) is 46.1 Å². The molecule has 0 heterocycles. The normalized spacial score (nSPS) is 12.7. The summed E-state index contributed by atoms with van der Waals surface area (Å²) in [5.41, 5.74) is 6.83. The van der Waals surface area contributed by atoms with Crippen molar-refractivity contribution in [1.29, 1.82) is 0 Å². The van der Waals surface area contributed by atoms with Crippen molar-refractivity contribution < 1.29 is 4.79 Å². The number of hydrogen-bond acceptors (Lipinski definition) is 2. The number of carbonyl (C=O) groups excluding carboxylic acids is 1. The molecular formula is C18H30N4O. The van der Waals surface area contributed by atoms with Crippen LogP contribution < -0.4 is 16.4 Å². The highest BCUT2D eigenvalue weighted by Crippen LogP contribution is 2.11. The number of hydrogen-bond donors (Lipinski definition) is 3. The van der Waals surface area contributed by atoms with Gasteiger partial charge in [0.1, 0.15) is 0 Å². The third-order valence-corrected chi connectivity index (χ3v) is 4.00. The third kappa shape index (κ3) is 7.17. The topological polar surface area (TPSA) is 79.5 Å². The zero-order valence-corrected chi connectivity index (χ0v) is 14.6. The minimum absolute atomic E-state index is 0.406. The fourth-order valence-corrected chi connectivity index (χ4v) is 2.43. The van der Waals surface area contributed by atoms with Gasteiger partial charge in [0, 0.05) is 25.7 Å². The average molecular weight is 318 g/mol. The lowest BCUT2D eigenvalue weighted by Gasteiger charge is -2.18. The molecule has 0 saturated carbocycles. The van der Waals surface area contributed by atoms with Gasteiger partial charge in [0.05, 0.1) is 0 Å². The number of amides is 1. The average Bonchev–Trinajstić information content (AvgIpc) is 2.57. The number of benzene rings is 1. The van der Waals surface area contributed by atoms with Crippen LogP contribution in [0.1, 0.15) is 55.5 Å². The summed E-state index contributed by atoms with van der Waals surface area (Å²) in [6, 6.07) is 7.32. The van der Waals surface area contributed by atoms with Gasteiger partial charge in [0.15, 0.2) is 5.96 Å². The molecule has 1 unspecified atom stereocenters. The van der Waals surface area contributed by atoms with Gasteiger partial charge in [-0.05, 0) is 30.0 Å². The molecule has 128 valence electrons. The van der Waals surface area contributed by atoms with Gasteiger partial charge in [-0.3, -0.25) is 9.79 Å². The first-order valence-corrected chi connectivity index (χ1v) is 8.43. The summed E-state index contributed by atoms with van der Waals surface area (Å²) in [4.78, 5) is 15.5. The molecule has 1 amide bonds. The summed E-state index contributed by atoms with van der Waals surface area (Å²) < 4.78 is 0. The highest BCUT2D eigenvalue weighted by molar-refractivity contribution is 5.92. The third-order valence-electron chi connectivity index (χ3n) is 4.00. The molecule has 0 spiro atoms. The number of guanidine groups is 1. The van der Waals surface area contributed by atoms with E-state index in [-0.39, 0.29) is 0 Å². The van der Waals surface area contributed by atoms with Crippen molar-refractivity contribution in [3.05, 3.63) is 35.4 Å². The van der Waals surface area contributed by atoms with E-state index in [9.17, 15) is 4.79 Å². The van der Waals surface area contributed by atoms with Crippen molar-refractivity contribution in [3.8, 4) is 0 Å². The zero-order valence-electron chi connectivity index (χ0n) is 14.6. The smallest absolute Gasteiger partial charge is 0.248 e. The van der Waals surface area contributed by atoms with Crippen molar-refractivity contribution >= 4 is 11.9 Å². The van der Waals surface area contributed by atoms with E-state index in [0.29, 0.717) is 18.0 Å². The van der Waals surface area contributed by atoms with Gasteiger partial charge in [0.25, 0.3) is 0 Å². The minimum atomic E-state index is -0.406. The monoisotopic (exact) mass is 318 g/mol. The Morgan fingerprint density at radius 2 is 2.09 bits per heavy atom. The van der Waals surface area contributed by atoms with Crippen LogP contribution in [-0.4, -0.2) is 25.5 Å². The lowest BCUT2D eigenvalue weighted by molar-refractivity contribution is 0.1000. The number of aliphatic imine (C=N–C) groups is 1. The van der Waals surface area contributed by atoms with Crippen LogP contribution in [0.25, 0.3) is 0 Å². The van der Waals surface area contributed by atoms with E-state index in [4.69, 9.17) is 5.73 Å². The Bertz CT molecular complexity index is 513. The number of unbranched alkanes of at least 4 members (excludes halogenated alkanes) is 1. The van der Waals surface area contributed by atoms with Gasteiger partial charge in [-0.25, -0.2) is 0 Å². The van der Waals surface area contributed by atoms with E-state index < -0.39 is 5.91 Å². The number of rotatable bonds is 9. The highest BCUT2D eigenvalue weighted by atomic mass is 16.1. The second-order valence-corrected chi connectivity index (χ2v) is 5.79. The molecule has 23 heavy (non-hydrogen) atoms. The molecular weight excluding hydrogens is 288 g/mol. The Kier molecular flexibility index (Phi) is 8.80. The second-order valence-electron chi connectivity index (χ2n) is 5.79. The quantitative estimate of drug-likeness (QED) is 0.484. The number of nitrogens with two attached hydrogens (primary N) is 1. The summed E-state index contributed by atoms with van der Waals surface area (Å²) in [5, 5.41) is 6.66. The predicted octanol–water partition coefficient (Wildman–Crippen LogP) is 2.67. The summed E-state index contributed by atoms with van der Waals surface area (Å²) in [7, 11) is 1.77. The van der Waals surface area contributed by atoms with Crippen LogP contribution in [0, 0.1) is 5.92 Å². The van der Waals surface area contributed by atoms with Crippen molar-refractivity contribution in [2.24, 2.45) is 16.6 Å². The Balaban J connectivity index is 2.48. The first-order valence-electron chi connectivity index (χ1n) is 8.43. The Hall–Kier alpha value is -2.04. The summed E-state index contributed by atoms with van der Waals surface area (Å²) in [6.45, 7) is 5.98. The van der Waals surface area contributed by atoms with Crippen LogP contribution in [0.4, 0.5) is 0 Å². The van der Waals surface area contributed by atoms with Crippen molar-refractivity contribution in [3.63, 3.8) is 0 Å². The molecule has 1 atom stereocenters. The lowest BCUT2D eigenvalue weighted by atomic mass is 9.99. The van der Waals surface area contributed by atoms with Crippen LogP contribution in [0.2, 0.25) is 0 Å². The van der Waals surface area contributed by atoms with E-state index in [1.54, 1.807) is 19.2 Å². The van der Waals surface area contributed by atoms with Crippen molar-refractivity contribution in [1.82, 2.24) is 10.6 Å². The first-order chi connectivity index (χ1) is 11.1. The van der Waals surface area contributed by atoms with Crippen LogP contribution in [0.5, 0.6) is 0 Å². The molecule has 1 aromatic rings. The summed E-state index contributed by atoms with van der Waals surface area (Å²) in [5.74, 6) is 1.05. The number of nitrogens with zero attached hydrogens (tertiary/aromatic N) is 1. The SMILES string of the molecule is CCCCC(CC)CNC(=NC)NCc1cccc(C(N)=O)c1. The van der Waals surface area contributed by atoms with Crippen LogP contribution in [0.3, 0.4) is 0 Å². The van der Waals surface area contributed by atoms with Gasteiger partial charge in [-0.15, -0.1) is 0 Å². The molecule has 0 bridgehead atoms. The van der Waals surface area contributed by atoms with Gasteiger partial charge >= 0.3 is 0 Å². The lowest BCUT2D eigenvalue weighted by Crippen LogP contribution is -2.39. The number of primary amides is 1. The maximum atomic E-state index is 11.2. The molecule has 0 aromatic heterocycles. The number of nitrogens with one attached hydrogen (secondary N) is 2. The summed E-state index contributed by atoms with van der Waals surface area (Å²) in [6.07, 6.45) is 4.92. The van der Waals surface area contributed by atoms with E-state index in [1.807, 2.05) is 12.1 Å². The molecule has 0 saturated heterocycles. The molecule has 0 radical (unpaired) electrons. The largest absolute Gasteiger partial charge is 0.366 e. The van der Waals surface area contributed by atoms with E-state index in [2.05, 4.69) is 29.5 Å². The molecule has 0 aliphatic heterocycles. The summed E-state index contributed by atoms with van der Waals surface area (Å²) >= 11 is 0. The highest BCUT2D eigenvalue weighted by Gasteiger charge is 2.07. The molecule has 5 nitrogen and oxygen atoms in total. The Morgan fingerprint density at radius 1 is 1.30 bits per heavy atom. The minimum Gasteiger partial charge on any atom is -0.366 e. The molecule has 1 aromatic carbocycles. The zero-order chi connectivity index (χ0) is 17.1. The first kappa shape index (κ1) is 19.0. The Morgan fingerprint density at radius 3 is 2.70 bits per heavy atom. The van der Waals surface area contributed by atoms with Crippen molar-refractivity contribution in [2.75, 3.05) is 13.6 Å². The van der Waals surface area contributed by atoms with Gasteiger partial charge in [-0.1, -0.05) is 45.2 Å². The van der Waals surface area contributed by atoms with Crippen LogP contribution in [0.15, 0.2) is 29.3 Å². The molecule has 0 aliphatic rings. The van der Waals surface area contributed by atoms with E-state index in [0.717, 1.165) is 18.1 Å². The second kappa shape index (κ2) is 10.6. The molecule has 0 fully saturated rings. The standard InChI is InChI=1S/C18H30N4O/c1-4-6-8-14(5-2)12-21-18(20-3)22-13-15-9-7-10-16(11-15)17(19)23/h7,9-11,14H,4-6,8,12-13H2,1-3H3,(H2,19,23)(H2,20,21,22). The van der Waals surface area contributed by atoms with Gasteiger partial charge in [0.2, 0.25) is 5.91 Å². The number of carbonyl (C=O) groups is 1. The van der Waals surface area contributed by atoms with Crippen LogP contribution in [-0.2, 0) is 6.54 Å². The van der Waals surface area contributed by atoms with E-state index >= 15 is 0 Å². The molecule has 0 aliphatic carbocycles. The fourth-order valence-electron chi connectivity index (χ4n) is 2.43. The van der Waals surface area contributed by atoms with Crippen LogP contribution >= 0.6 is 0 Å². The maximum Gasteiger partial charge on any atom is 0.248 e. The molecule has 4 N–H and O–H groups in total. The fraction of sp³-hybridized carbons (Fsp3) is 0.556. The Labute approximate surface area is 139 Å². The molecule has 1 rings (SSSR count). The maximum absolute atomic E-state index is 11.2.